The minimum absolute atomic E-state index is 0.0176. The van der Waals surface area contributed by atoms with Gasteiger partial charge in [0.15, 0.2) is 0 Å². The number of carboxylic acid groups (broad SMARTS) is 1. The molecule has 2 rings (SSSR count). The molecule has 8 heteroatoms. The summed E-state index contributed by atoms with van der Waals surface area (Å²) in [6.45, 7) is 0.868. The van der Waals surface area contributed by atoms with Gasteiger partial charge in [0.2, 0.25) is 10.0 Å². The van der Waals surface area contributed by atoms with Crippen molar-refractivity contribution in [3.63, 3.8) is 0 Å². The average molecular weight is 315 g/mol. The lowest BCUT2D eigenvalue weighted by atomic mass is 10.0. The molecule has 0 saturated carbocycles. The van der Waals surface area contributed by atoms with E-state index in [-0.39, 0.29) is 18.0 Å². The van der Waals surface area contributed by atoms with Gasteiger partial charge in [0, 0.05) is 20.2 Å². The van der Waals surface area contributed by atoms with E-state index in [0.29, 0.717) is 19.0 Å². The Morgan fingerprint density at radius 3 is 2.43 bits per heavy atom. The number of carbonyl (C=O) groups is 1. The van der Waals surface area contributed by atoms with Gasteiger partial charge in [-0.2, -0.15) is 4.31 Å². The average Bonchev–Trinajstić information content (AvgIpc) is 2.37. The highest BCUT2D eigenvalue weighted by Crippen LogP contribution is 2.26. The van der Waals surface area contributed by atoms with Gasteiger partial charge in [0.05, 0.1) is 17.4 Å². The zero-order valence-corrected chi connectivity index (χ0v) is 12.4. The number of carboxylic acids is 1. The summed E-state index contributed by atoms with van der Waals surface area (Å²) in [5, 5.41) is 8.78. The summed E-state index contributed by atoms with van der Waals surface area (Å²) >= 11 is 0. The zero-order valence-electron chi connectivity index (χ0n) is 11.6. The number of methoxy groups -OCH3 is 1. The molecular weight excluding hydrogens is 298 g/mol. The SMILES string of the molecule is COCCOc1ccc(S(=O)(=O)N2CC(C(=O)O)C2)cc1. The second kappa shape index (κ2) is 6.42. The maximum atomic E-state index is 12.2. The molecule has 0 bridgehead atoms. The van der Waals surface area contributed by atoms with Crippen LogP contribution in [0.5, 0.6) is 5.75 Å². The fourth-order valence-electron chi connectivity index (χ4n) is 1.89. The van der Waals surface area contributed by atoms with Gasteiger partial charge >= 0.3 is 5.97 Å². The number of hydrogen-bond acceptors (Lipinski definition) is 5. The van der Waals surface area contributed by atoms with E-state index in [1.807, 2.05) is 0 Å². The lowest BCUT2D eigenvalue weighted by Crippen LogP contribution is -2.52. The molecule has 7 nitrogen and oxygen atoms in total. The molecule has 116 valence electrons. The van der Waals surface area contributed by atoms with Gasteiger partial charge in [0.25, 0.3) is 0 Å². The summed E-state index contributed by atoms with van der Waals surface area (Å²) in [7, 11) is -2.05. The second-order valence-corrected chi connectivity index (χ2v) is 6.61. The van der Waals surface area contributed by atoms with E-state index in [9.17, 15) is 13.2 Å². The number of aliphatic carboxylic acids is 1. The third-order valence-electron chi connectivity index (χ3n) is 3.21. The molecule has 1 aromatic carbocycles. The Labute approximate surface area is 123 Å². The lowest BCUT2D eigenvalue weighted by Gasteiger charge is -2.35. The Kier molecular flexibility index (Phi) is 4.81. The Hall–Kier alpha value is -1.64. The first-order valence-electron chi connectivity index (χ1n) is 6.40. The molecule has 0 spiro atoms. The van der Waals surface area contributed by atoms with Crippen LogP contribution in [0.3, 0.4) is 0 Å². The molecule has 0 amide bonds. The molecule has 0 unspecified atom stereocenters. The fraction of sp³-hybridized carbons (Fsp3) is 0.462. The highest BCUT2D eigenvalue weighted by atomic mass is 32.2. The van der Waals surface area contributed by atoms with Crippen molar-refractivity contribution < 1.29 is 27.8 Å². The van der Waals surface area contributed by atoms with Crippen molar-refractivity contribution >= 4 is 16.0 Å². The van der Waals surface area contributed by atoms with Gasteiger partial charge in [-0.3, -0.25) is 4.79 Å². The molecule has 1 heterocycles. The maximum absolute atomic E-state index is 12.2. The number of rotatable bonds is 7. The minimum Gasteiger partial charge on any atom is -0.491 e. The highest BCUT2D eigenvalue weighted by Gasteiger charge is 2.40. The van der Waals surface area contributed by atoms with Crippen LogP contribution in [0.15, 0.2) is 29.2 Å². The van der Waals surface area contributed by atoms with Gasteiger partial charge in [-0.05, 0) is 24.3 Å². The summed E-state index contributed by atoms with van der Waals surface area (Å²) in [4.78, 5) is 10.8. The molecule has 0 aromatic heterocycles. The van der Waals surface area contributed by atoms with E-state index in [1.54, 1.807) is 19.2 Å². The first kappa shape index (κ1) is 15.7. The summed E-state index contributed by atoms with van der Waals surface area (Å²) in [5.74, 6) is -1.03. The first-order chi connectivity index (χ1) is 9.95. The van der Waals surface area contributed by atoms with Crippen LogP contribution >= 0.6 is 0 Å². The largest absolute Gasteiger partial charge is 0.491 e. The second-order valence-electron chi connectivity index (χ2n) is 4.67. The minimum atomic E-state index is -3.62. The van der Waals surface area contributed by atoms with E-state index in [4.69, 9.17) is 14.6 Å². The normalized spacial score (nSPS) is 16.4. The standard InChI is InChI=1S/C13H17NO6S/c1-19-6-7-20-11-2-4-12(5-3-11)21(17,18)14-8-10(9-14)13(15)16/h2-5,10H,6-9H2,1H3,(H,15,16). The zero-order chi connectivity index (χ0) is 15.5. The van der Waals surface area contributed by atoms with Crippen LogP contribution in [-0.2, 0) is 19.6 Å². The fourth-order valence-corrected chi connectivity index (χ4v) is 3.42. The molecule has 1 fully saturated rings. The van der Waals surface area contributed by atoms with Gasteiger partial charge in [-0.25, -0.2) is 8.42 Å². The Morgan fingerprint density at radius 1 is 1.29 bits per heavy atom. The van der Waals surface area contributed by atoms with Crippen molar-refractivity contribution in [2.24, 2.45) is 5.92 Å². The highest BCUT2D eigenvalue weighted by molar-refractivity contribution is 7.89. The van der Waals surface area contributed by atoms with Crippen molar-refractivity contribution in [3.05, 3.63) is 24.3 Å². The van der Waals surface area contributed by atoms with Crippen LogP contribution in [-0.4, -0.2) is 57.2 Å². The molecule has 1 saturated heterocycles. The quantitative estimate of drug-likeness (QED) is 0.733. The van der Waals surface area contributed by atoms with Crippen molar-refractivity contribution in [3.8, 4) is 5.75 Å². The van der Waals surface area contributed by atoms with Crippen LogP contribution in [0, 0.1) is 5.92 Å². The number of sulfonamides is 1. The molecular formula is C13H17NO6S. The van der Waals surface area contributed by atoms with Crippen molar-refractivity contribution in [1.82, 2.24) is 4.31 Å². The lowest BCUT2D eigenvalue weighted by molar-refractivity contribution is -0.145. The Bertz CT molecular complexity index is 592. The number of ether oxygens (including phenoxy) is 2. The molecule has 0 atom stereocenters. The summed E-state index contributed by atoms with van der Waals surface area (Å²) in [5.41, 5.74) is 0. The topological polar surface area (TPSA) is 93.1 Å². The Balaban J connectivity index is 1.99. The maximum Gasteiger partial charge on any atom is 0.309 e. The first-order valence-corrected chi connectivity index (χ1v) is 7.84. The molecule has 1 N–H and O–H groups in total. The molecule has 1 aliphatic rings. The molecule has 0 radical (unpaired) electrons. The summed E-state index contributed by atoms with van der Waals surface area (Å²) in [6, 6.07) is 6.03. The van der Waals surface area contributed by atoms with E-state index in [2.05, 4.69) is 0 Å². The van der Waals surface area contributed by atoms with E-state index < -0.39 is 21.9 Å². The molecule has 0 aliphatic carbocycles. The van der Waals surface area contributed by atoms with Crippen LogP contribution in [0.1, 0.15) is 0 Å². The smallest absolute Gasteiger partial charge is 0.309 e. The number of nitrogens with zero attached hydrogens (tertiary/aromatic N) is 1. The van der Waals surface area contributed by atoms with Crippen molar-refractivity contribution in [2.75, 3.05) is 33.4 Å². The molecule has 21 heavy (non-hydrogen) atoms. The molecule has 1 aliphatic heterocycles. The van der Waals surface area contributed by atoms with Crippen LogP contribution in [0.2, 0.25) is 0 Å². The van der Waals surface area contributed by atoms with Gasteiger partial charge in [-0.1, -0.05) is 0 Å². The van der Waals surface area contributed by atoms with Gasteiger partial charge in [-0.15, -0.1) is 0 Å². The number of hydrogen-bond donors (Lipinski definition) is 1. The summed E-state index contributed by atoms with van der Waals surface area (Å²) < 4.78 is 35.8. The predicted molar refractivity (Wildman–Crippen MR) is 73.7 cm³/mol. The van der Waals surface area contributed by atoms with Gasteiger partial charge in [0.1, 0.15) is 12.4 Å². The third-order valence-corrected chi connectivity index (χ3v) is 5.06. The van der Waals surface area contributed by atoms with Crippen LogP contribution in [0.25, 0.3) is 0 Å². The predicted octanol–water partition coefficient (Wildman–Crippen LogP) is 0.417. The Morgan fingerprint density at radius 2 is 1.90 bits per heavy atom. The van der Waals surface area contributed by atoms with Crippen LogP contribution in [0.4, 0.5) is 0 Å². The monoisotopic (exact) mass is 315 g/mol. The third kappa shape index (κ3) is 3.52. The van der Waals surface area contributed by atoms with E-state index in [1.165, 1.54) is 12.1 Å². The van der Waals surface area contributed by atoms with E-state index >= 15 is 0 Å². The van der Waals surface area contributed by atoms with Gasteiger partial charge < -0.3 is 14.6 Å². The van der Waals surface area contributed by atoms with E-state index in [0.717, 1.165) is 4.31 Å². The summed E-state index contributed by atoms with van der Waals surface area (Å²) in [6.07, 6.45) is 0. The van der Waals surface area contributed by atoms with Crippen LogP contribution < -0.4 is 4.74 Å². The van der Waals surface area contributed by atoms with Crippen molar-refractivity contribution in [2.45, 2.75) is 4.90 Å². The van der Waals surface area contributed by atoms with Crippen molar-refractivity contribution in [1.29, 1.82) is 0 Å². The number of benzene rings is 1. The molecule has 1 aromatic rings.